The Balaban J connectivity index is -0.000000427. The molecule has 4 N–H and O–H groups in total. The third-order valence-electron chi connectivity index (χ3n) is 15.8. The van der Waals surface area contributed by atoms with Crippen LogP contribution in [0.2, 0.25) is 0 Å². The van der Waals surface area contributed by atoms with Gasteiger partial charge in [0.15, 0.2) is 5.88 Å². The van der Waals surface area contributed by atoms with Gasteiger partial charge in [-0.15, -0.1) is 0 Å². The van der Waals surface area contributed by atoms with Gasteiger partial charge in [0.1, 0.15) is 26.1 Å². The number of carbonyl (C=O) groups is 5. The lowest BCUT2D eigenvalue weighted by atomic mass is 10.1. The van der Waals surface area contributed by atoms with E-state index in [4.69, 9.17) is 14.2 Å². The molecule has 15 nitrogen and oxygen atoms in total. The molecule has 0 aromatic rings. The molecule has 0 aliphatic heterocycles. The Morgan fingerprint density at radius 3 is 0.856 bits per heavy atom. The number of unbranched alkanes of at least 4 members (excludes halogenated alkanes) is 35. The van der Waals surface area contributed by atoms with Gasteiger partial charge in [0.05, 0.1) is 13.1 Å². The monoisotopic (exact) mass is 1380 g/mol. The number of likely N-dealkylation sites (N-methyl/N-ethyl adjacent to an activating group) is 1. The zero-order chi connectivity index (χ0) is 73.4. The van der Waals surface area contributed by atoms with Crippen molar-refractivity contribution in [2.75, 3.05) is 98.9 Å². The highest BCUT2D eigenvalue weighted by molar-refractivity contribution is 5.76. The summed E-state index contributed by atoms with van der Waals surface area (Å²) in [5, 5.41) is 11.9. The van der Waals surface area contributed by atoms with E-state index in [0.717, 1.165) is 77.4 Å². The number of aldehydes is 1. The van der Waals surface area contributed by atoms with Crippen LogP contribution < -0.4 is 21.3 Å². The molecule has 0 radical (unpaired) electrons. The van der Waals surface area contributed by atoms with E-state index in [9.17, 15) is 24.0 Å². The first kappa shape index (κ1) is 104. The number of carbonyl (C=O) groups excluding carboxylic acids is 5. The van der Waals surface area contributed by atoms with Gasteiger partial charge in [-0.25, -0.2) is 9.59 Å². The van der Waals surface area contributed by atoms with Crippen molar-refractivity contribution in [1.29, 1.82) is 0 Å². The second-order valence-electron chi connectivity index (χ2n) is 26.7. The maximum Gasteiger partial charge on any atom is 0.409 e. The molecule has 0 rings (SSSR count). The summed E-state index contributed by atoms with van der Waals surface area (Å²) in [5.74, 6) is 0.251. The summed E-state index contributed by atoms with van der Waals surface area (Å²) < 4.78 is 16.6. The minimum atomic E-state index is -0.296. The van der Waals surface area contributed by atoms with Crippen molar-refractivity contribution < 1.29 is 38.2 Å². The van der Waals surface area contributed by atoms with Gasteiger partial charge in [0.25, 0.3) is 0 Å². The molecule has 0 saturated heterocycles. The Labute approximate surface area is 604 Å². The quantitative estimate of drug-likeness (QED) is 0.0260. The zero-order valence-corrected chi connectivity index (χ0v) is 67.5. The lowest BCUT2D eigenvalue weighted by molar-refractivity contribution is -0.121. The molecule has 0 aliphatic rings. The molecule has 0 atom stereocenters. The first-order chi connectivity index (χ1) is 47.3. The van der Waals surface area contributed by atoms with E-state index in [2.05, 4.69) is 118 Å². The minimum absolute atomic E-state index is 0.114. The third kappa shape index (κ3) is 96.6. The highest BCUT2D eigenvalue weighted by Crippen LogP contribution is 2.15. The molecule has 582 valence electrons. The van der Waals surface area contributed by atoms with Crippen molar-refractivity contribution >= 4 is 30.3 Å². The van der Waals surface area contributed by atoms with E-state index in [1.165, 1.54) is 238 Å². The number of hydrogen-bond acceptors (Lipinski definition) is 11. The van der Waals surface area contributed by atoms with Crippen molar-refractivity contribution in [1.82, 2.24) is 36.0 Å². The standard InChI is InChI=1S/C46H89N5O6.C24H50N2O2.4C3H8/c1-5-8-11-14-17-20-23-26-32-47-43(4)56-41-33-48-44(53)30-38-50(35-29-40-52)39-31-45(54)49-34-42-57-46(55)51(36-27-24-21-18-15-12-9-6-2)37-28-25-22-19-16-13-10-7-3;1-4-6-8-10-12-14-16-18-21-26(24(27)28-23-20-25-3)22-19-17-15-13-11-9-7-5-2;4*1-3-2/h40,47H,4-39,41-42H2,1-3H3,(H,48,53)(H,49,54);25H,4-23H2,1-3H3;4*3H2,1-2H3. The third-order valence-corrected chi connectivity index (χ3v) is 15.8. The van der Waals surface area contributed by atoms with Gasteiger partial charge in [0, 0.05) is 78.2 Å². The average Bonchev–Trinajstić information content (AvgIpc) is 2.48. The Morgan fingerprint density at radius 1 is 0.320 bits per heavy atom. The van der Waals surface area contributed by atoms with E-state index in [1.54, 1.807) is 0 Å². The number of hydrogen-bond donors (Lipinski definition) is 4. The normalized spacial score (nSPS) is 10.4. The fourth-order valence-corrected chi connectivity index (χ4v) is 10.3. The van der Waals surface area contributed by atoms with Crippen LogP contribution in [0.3, 0.4) is 0 Å². The lowest BCUT2D eigenvalue weighted by Crippen LogP contribution is -2.37. The average molecular weight is 1380 g/mol. The van der Waals surface area contributed by atoms with E-state index in [0.29, 0.717) is 64.8 Å². The Morgan fingerprint density at radius 2 is 0.577 bits per heavy atom. The summed E-state index contributed by atoms with van der Waals surface area (Å²) in [4.78, 5) is 67.3. The number of amides is 4. The molecule has 0 bridgehead atoms. The number of rotatable bonds is 65. The highest BCUT2D eigenvalue weighted by Gasteiger charge is 2.17. The first-order valence-corrected chi connectivity index (χ1v) is 41.5. The van der Waals surface area contributed by atoms with E-state index < -0.39 is 0 Å². The molecule has 97 heavy (non-hydrogen) atoms. The summed E-state index contributed by atoms with van der Waals surface area (Å²) in [6.45, 7) is 39.7. The SMILES string of the molecule is C=C(NCCCCCCCCCC)OCCNC(=O)CCN(CCC=O)CCC(=O)NCCOC(=O)N(CCCCCCCCCC)CCCCCCCCCC.CCC.CCC.CCC.CCC.CCCCCCCCCCN(CCCCCCCCCC)C(=O)OCCNC. The summed E-state index contributed by atoms with van der Waals surface area (Å²) >= 11 is 0. The van der Waals surface area contributed by atoms with Crippen LogP contribution in [0.25, 0.3) is 0 Å². The molecule has 4 amide bonds. The Kier molecular flexibility index (Phi) is 104. The van der Waals surface area contributed by atoms with Crippen molar-refractivity contribution in [3.63, 3.8) is 0 Å². The van der Waals surface area contributed by atoms with Gasteiger partial charge in [-0.3, -0.25) is 9.59 Å². The van der Waals surface area contributed by atoms with Crippen LogP contribution in [0.1, 0.15) is 392 Å². The van der Waals surface area contributed by atoms with Crippen molar-refractivity contribution in [3.8, 4) is 0 Å². The molecule has 0 aliphatic carbocycles. The van der Waals surface area contributed by atoms with Crippen LogP contribution in [0.15, 0.2) is 12.5 Å². The molecule has 0 heterocycles. The van der Waals surface area contributed by atoms with Gasteiger partial charge in [-0.1, -0.05) is 340 Å². The summed E-state index contributed by atoms with van der Waals surface area (Å²) in [7, 11) is 1.88. The van der Waals surface area contributed by atoms with Crippen molar-refractivity contribution in [3.05, 3.63) is 12.5 Å². The zero-order valence-electron chi connectivity index (χ0n) is 67.5. The van der Waals surface area contributed by atoms with Crippen molar-refractivity contribution in [2.45, 2.75) is 392 Å². The largest absolute Gasteiger partial charge is 0.478 e. The van der Waals surface area contributed by atoms with Crippen LogP contribution in [0, 0.1) is 0 Å². The number of ether oxygens (including phenoxy) is 3. The summed E-state index contributed by atoms with van der Waals surface area (Å²) in [6.07, 6.45) is 56.6. The molecule has 0 spiro atoms. The van der Waals surface area contributed by atoms with Crippen LogP contribution in [-0.4, -0.2) is 144 Å². The maximum atomic E-state index is 13.0. The Hall–Kier alpha value is -3.59. The molecule has 15 heteroatoms. The van der Waals surface area contributed by atoms with Crippen LogP contribution in [0.5, 0.6) is 0 Å². The lowest BCUT2D eigenvalue weighted by Gasteiger charge is -2.22. The van der Waals surface area contributed by atoms with Crippen LogP contribution >= 0.6 is 0 Å². The van der Waals surface area contributed by atoms with Gasteiger partial charge in [0.2, 0.25) is 11.8 Å². The minimum Gasteiger partial charge on any atom is -0.478 e. The fraction of sp³-hybridized carbons (Fsp3) is 0.915. The van der Waals surface area contributed by atoms with E-state index >= 15 is 0 Å². The van der Waals surface area contributed by atoms with Gasteiger partial charge < -0.3 is 55.0 Å². The Bertz CT molecular complexity index is 1500. The topological polar surface area (TPSA) is 171 Å². The smallest absolute Gasteiger partial charge is 0.409 e. The maximum absolute atomic E-state index is 13.0. The molecular formula is C82H171N7O8. The molecule has 0 unspecified atom stereocenters. The predicted octanol–water partition coefficient (Wildman–Crippen LogP) is 22.4. The van der Waals surface area contributed by atoms with Gasteiger partial charge in [-0.2, -0.15) is 0 Å². The predicted molar refractivity (Wildman–Crippen MR) is 422 cm³/mol. The van der Waals surface area contributed by atoms with Crippen LogP contribution in [-0.2, 0) is 28.6 Å². The number of nitrogens with zero attached hydrogens (tertiary/aromatic N) is 3. The molecule has 0 saturated carbocycles. The van der Waals surface area contributed by atoms with Crippen molar-refractivity contribution in [2.24, 2.45) is 0 Å². The van der Waals surface area contributed by atoms with Gasteiger partial charge >= 0.3 is 12.2 Å². The molecule has 0 aromatic heterocycles. The number of nitrogens with one attached hydrogen (secondary N) is 4. The second-order valence-corrected chi connectivity index (χ2v) is 26.7. The summed E-state index contributed by atoms with van der Waals surface area (Å²) in [5.41, 5.74) is 0. The van der Waals surface area contributed by atoms with Gasteiger partial charge in [-0.05, 0) is 45.7 Å². The highest BCUT2D eigenvalue weighted by atomic mass is 16.6. The first-order valence-electron chi connectivity index (χ1n) is 41.5. The summed E-state index contributed by atoms with van der Waals surface area (Å²) in [6, 6.07) is 0. The fourth-order valence-electron chi connectivity index (χ4n) is 10.3. The van der Waals surface area contributed by atoms with E-state index in [1.807, 2.05) is 21.7 Å². The van der Waals surface area contributed by atoms with E-state index in [-0.39, 0.29) is 50.0 Å². The second kappa shape index (κ2) is 96.6. The molecule has 0 fully saturated rings. The molecule has 0 aromatic carbocycles. The molecular weight excluding hydrogens is 1210 g/mol. The van der Waals surface area contributed by atoms with Crippen LogP contribution in [0.4, 0.5) is 9.59 Å².